The number of nitrogens with zero attached hydrogens (tertiary/aromatic N) is 2. The molecule has 1 heterocycles. The van der Waals surface area contributed by atoms with Gasteiger partial charge in [-0.3, -0.25) is 0 Å². The zero-order chi connectivity index (χ0) is 13.7. The fraction of sp³-hybridized carbons (Fsp3) is 0.667. The van der Waals surface area contributed by atoms with Crippen LogP contribution in [0.4, 0.5) is 10.2 Å². The maximum absolute atomic E-state index is 12.9. The van der Waals surface area contributed by atoms with Gasteiger partial charge in [-0.2, -0.15) is 0 Å². The summed E-state index contributed by atoms with van der Waals surface area (Å²) in [6.45, 7) is 3.32. The third kappa shape index (κ3) is 3.90. The minimum Gasteiger partial charge on any atom is -0.357 e. The monoisotopic (exact) mass is 265 g/mol. The molecule has 1 aromatic heterocycles. The van der Waals surface area contributed by atoms with Crippen molar-refractivity contribution < 1.29 is 4.39 Å². The van der Waals surface area contributed by atoms with Gasteiger partial charge >= 0.3 is 0 Å². The molecule has 4 heteroatoms. The Kier molecular flexibility index (Phi) is 5.14. The van der Waals surface area contributed by atoms with E-state index in [9.17, 15) is 4.39 Å². The Morgan fingerprint density at radius 2 is 2.05 bits per heavy atom. The van der Waals surface area contributed by atoms with Crippen molar-refractivity contribution in [2.45, 2.75) is 51.1 Å². The molecule has 0 atom stereocenters. The molecular formula is C15H24FN3. The van der Waals surface area contributed by atoms with Crippen LogP contribution in [0.1, 0.15) is 39.0 Å². The van der Waals surface area contributed by atoms with Crippen molar-refractivity contribution in [3.05, 3.63) is 24.1 Å². The smallest absolute Gasteiger partial charge is 0.141 e. The molecule has 0 amide bonds. The Labute approximate surface area is 115 Å². The number of rotatable bonds is 5. The van der Waals surface area contributed by atoms with Gasteiger partial charge in [-0.1, -0.05) is 6.92 Å². The molecule has 0 aromatic carbocycles. The molecule has 0 aliphatic heterocycles. The van der Waals surface area contributed by atoms with Crippen molar-refractivity contribution in [2.24, 2.45) is 0 Å². The molecule has 1 aliphatic carbocycles. The van der Waals surface area contributed by atoms with Crippen LogP contribution in [0, 0.1) is 5.82 Å². The molecule has 0 bridgehead atoms. The van der Waals surface area contributed by atoms with E-state index in [1.165, 1.54) is 44.4 Å². The second-order valence-electron chi connectivity index (χ2n) is 5.41. The second kappa shape index (κ2) is 6.85. The number of anilines is 1. The summed E-state index contributed by atoms with van der Waals surface area (Å²) in [5, 5.41) is 3.59. The van der Waals surface area contributed by atoms with Crippen molar-refractivity contribution in [1.29, 1.82) is 0 Å². The molecule has 2 rings (SSSR count). The first-order valence-electron chi connectivity index (χ1n) is 7.28. The van der Waals surface area contributed by atoms with E-state index >= 15 is 0 Å². The van der Waals surface area contributed by atoms with Gasteiger partial charge in [0.25, 0.3) is 0 Å². The molecule has 3 nitrogen and oxygen atoms in total. The molecule has 0 unspecified atom stereocenters. The largest absolute Gasteiger partial charge is 0.357 e. The summed E-state index contributed by atoms with van der Waals surface area (Å²) in [6, 6.07) is 4.44. The number of aromatic nitrogens is 1. The fourth-order valence-corrected chi connectivity index (χ4v) is 2.78. The Morgan fingerprint density at radius 1 is 1.32 bits per heavy atom. The first-order chi connectivity index (χ1) is 9.20. The molecular weight excluding hydrogens is 241 g/mol. The van der Waals surface area contributed by atoms with Gasteiger partial charge in [0.15, 0.2) is 0 Å². The highest BCUT2D eigenvalue weighted by atomic mass is 19.1. The number of nitrogens with one attached hydrogen (secondary N) is 1. The average Bonchev–Trinajstić information content (AvgIpc) is 2.46. The van der Waals surface area contributed by atoms with E-state index in [-0.39, 0.29) is 5.82 Å². The molecule has 1 aliphatic rings. The van der Waals surface area contributed by atoms with Gasteiger partial charge in [-0.25, -0.2) is 9.37 Å². The molecule has 1 N–H and O–H groups in total. The minimum absolute atomic E-state index is 0.273. The molecule has 1 fully saturated rings. The first-order valence-corrected chi connectivity index (χ1v) is 7.28. The van der Waals surface area contributed by atoms with E-state index in [1.54, 1.807) is 6.07 Å². The lowest BCUT2D eigenvalue weighted by molar-refractivity contribution is 0.336. The molecule has 0 saturated heterocycles. The standard InChI is InChI=1S/C15H24FN3/c1-3-10-17-13-5-7-14(8-6-13)19(2)15-9-4-12(16)11-18-15/h4,9,11,13-14,17H,3,5-8,10H2,1-2H3. The first kappa shape index (κ1) is 14.3. The van der Waals surface area contributed by atoms with Crippen molar-refractivity contribution in [2.75, 3.05) is 18.5 Å². The lowest BCUT2D eigenvalue weighted by atomic mass is 9.90. The molecule has 1 saturated carbocycles. The van der Waals surface area contributed by atoms with E-state index < -0.39 is 0 Å². The maximum Gasteiger partial charge on any atom is 0.141 e. The summed E-state index contributed by atoms with van der Waals surface area (Å²) in [4.78, 5) is 6.35. The van der Waals surface area contributed by atoms with Gasteiger partial charge < -0.3 is 10.2 Å². The Balaban J connectivity index is 1.85. The summed E-state index contributed by atoms with van der Waals surface area (Å²) >= 11 is 0. The number of pyridine rings is 1. The SMILES string of the molecule is CCCNC1CCC(N(C)c2ccc(F)cn2)CC1. The van der Waals surface area contributed by atoms with Crippen molar-refractivity contribution in [3.63, 3.8) is 0 Å². The van der Waals surface area contributed by atoms with Gasteiger partial charge in [0.05, 0.1) is 6.20 Å². The van der Waals surface area contributed by atoms with Crippen LogP contribution in [0.25, 0.3) is 0 Å². The van der Waals surface area contributed by atoms with Crippen LogP contribution < -0.4 is 10.2 Å². The highest BCUT2D eigenvalue weighted by Crippen LogP contribution is 2.25. The van der Waals surface area contributed by atoms with Crippen LogP contribution in [-0.4, -0.2) is 30.7 Å². The molecule has 0 radical (unpaired) electrons. The summed E-state index contributed by atoms with van der Waals surface area (Å²) in [6.07, 6.45) is 7.28. The van der Waals surface area contributed by atoms with Crippen LogP contribution in [0.5, 0.6) is 0 Å². The average molecular weight is 265 g/mol. The van der Waals surface area contributed by atoms with Gasteiger partial charge in [0, 0.05) is 19.1 Å². The summed E-state index contributed by atoms with van der Waals surface area (Å²) in [7, 11) is 2.06. The normalized spacial score (nSPS) is 23.3. The molecule has 19 heavy (non-hydrogen) atoms. The quantitative estimate of drug-likeness (QED) is 0.887. The lowest BCUT2D eigenvalue weighted by Gasteiger charge is -2.35. The highest BCUT2D eigenvalue weighted by Gasteiger charge is 2.24. The van der Waals surface area contributed by atoms with Crippen LogP contribution in [0.2, 0.25) is 0 Å². The van der Waals surface area contributed by atoms with Crippen molar-refractivity contribution in [3.8, 4) is 0 Å². The second-order valence-corrected chi connectivity index (χ2v) is 5.41. The van der Waals surface area contributed by atoms with Crippen LogP contribution in [0.3, 0.4) is 0 Å². The predicted molar refractivity (Wildman–Crippen MR) is 76.9 cm³/mol. The van der Waals surface area contributed by atoms with Gasteiger partial charge in [0.2, 0.25) is 0 Å². The molecule has 106 valence electrons. The molecule has 1 aromatic rings. The maximum atomic E-state index is 12.9. The number of hydrogen-bond donors (Lipinski definition) is 1. The van der Waals surface area contributed by atoms with Crippen LogP contribution in [-0.2, 0) is 0 Å². The third-order valence-corrected chi connectivity index (χ3v) is 4.00. The van der Waals surface area contributed by atoms with Gasteiger partial charge in [0.1, 0.15) is 11.6 Å². The van der Waals surface area contributed by atoms with Crippen LogP contribution in [0.15, 0.2) is 18.3 Å². The van der Waals surface area contributed by atoms with E-state index in [0.29, 0.717) is 12.1 Å². The Morgan fingerprint density at radius 3 is 2.63 bits per heavy atom. The van der Waals surface area contributed by atoms with E-state index in [1.807, 2.05) is 0 Å². The topological polar surface area (TPSA) is 28.2 Å². The number of halogens is 1. The van der Waals surface area contributed by atoms with Gasteiger partial charge in [-0.15, -0.1) is 0 Å². The van der Waals surface area contributed by atoms with Gasteiger partial charge in [-0.05, 0) is 50.8 Å². The summed E-state index contributed by atoms with van der Waals surface area (Å²) in [5.41, 5.74) is 0. The van der Waals surface area contributed by atoms with Crippen molar-refractivity contribution in [1.82, 2.24) is 10.3 Å². The molecule has 0 spiro atoms. The van der Waals surface area contributed by atoms with E-state index in [2.05, 4.69) is 29.2 Å². The summed E-state index contributed by atoms with van der Waals surface area (Å²) < 4.78 is 12.9. The minimum atomic E-state index is -0.273. The highest BCUT2D eigenvalue weighted by molar-refractivity contribution is 5.38. The van der Waals surface area contributed by atoms with E-state index in [4.69, 9.17) is 0 Å². The Bertz CT molecular complexity index is 371. The van der Waals surface area contributed by atoms with Crippen LogP contribution >= 0.6 is 0 Å². The third-order valence-electron chi connectivity index (χ3n) is 4.00. The van der Waals surface area contributed by atoms with Crippen molar-refractivity contribution >= 4 is 5.82 Å². The predicted octanol–water partition coefficient (Wildman–Crippen LogP) is 2.97. The Hall–Kier alpha value is -1.16. The fourth-order valence-electron chi connectivity index (χ4n) is 2.78. The zero-order valence-corrected chi connectivity index (χ0v) is 11.9. The summed E-state index contributed by atoms with van der Waals surface area (Å²) in [5.74, 6) is 0.594. The lowest BCUT2D eigenvalue weighted by Crippen LogP contribution is -2.41. The van der Waals surface area contributed by atoms with E-state index in [0.717, 1.165) is 12.4 Å². The zero-order valence-electron chi connectivity index (χ0n) is 11.9. The number of hydrogen-bond acceptors (Lipinski definition) is 3.